The van der Waals surface area contributed by atoms with E-state index >= 15 is 4.79 Å². The van der Waals surface area contributed by atoms with Crippen molar-refractivity contribution in [3.63, 3.8) is 0 Å². The van der Waals surface area contributed by atoms with Gasteiger partial charge in [0.1, 0.15) is 5.41 Å². The summed E-state index contributed by atoms with van der Waals surface area (Å²) in [7, 11) is 0. The van der Waals surface area contributed by atoms with Crippen LogP contribution in [0.3, 0.4) is 0 Å². The molecule has 1 saturated carbocycles. The summed E-state index contributed by atoms with van der Waals surface area (Å²) in [4.78, 5) is 29.9. The molecule has 6 heteroatoms. The van der Waals surface area contributed by atoms with Crippen LogP contribution in [0.4, 0.5) is 0 Å². The Morgan fingerprint density at radius 3 is 1.45 bits per heavy atom. The molecule has 0 heterocycles. The number of benzene rings is 2. The first kappa shape index (κ1) is 29.9. The predicted octanol–water partition coefficient (Wildman–Crippen LogP) is 5.84. The number of hydrogen-bond acceptors (Lipinski definition) is 4. The van der Waals surface area contributed by atoms with E-state index in [1.165, 1.54) is 0 Å². The quantitative estimate of drug-likeness (QED) is 0.305. The maximum Gasteiger partial charge on any atom is 0.239 e. The van der Waals surface area contributed by atoms with Gasteiger partial charge in [0.25, 0.3) is 0 Å². The minimum absolute atomic E-state index is 0.369. The number of nitrogens with zero attached hydrogens (tertiary/aromatic N) is 1. The molecule has 0 aromatic heterocycles. The van der Waals surface area contributed by atoms with Crippen LogP contribution in [-0.4, -0.2) is 38.1 Å². The van der Waals surface area contributed by atoms with Gasteiger partial charge in [-0.15, -0.1) is 0 Å². The smallest absolute Gasteiger partial charge is 0.239 e. The van der Waals surface area contributed by atoms with Crippen molar-refractivity contribution in [3.8, 4) is 0 Å². The molecule has 1 aliphatic carbocycles. The van der Waals surface area contributed by atoms with Gasteiger partial charge in [0.15, 0.2) is 0 Å². The van der Waals surface area contributed by atoms with Crippen molar-refractivity contribution in [1.29, 1.82) is 0 Å². The number of carbonyl (C=O) groups excluding carboxylic acids is 2. The number of primary amides is 1. The molecule has 0 radical (unpaired) electrons. The molecule has 1 fully saturated rings. The summed E-state index contributed by atoms with van der Waals surface area (Å²) >= 11 is 0. The van der Waals surface area contributed by atoms with Gasteiger partial charge in [0.05, 0.1) is 23.3 Å². The second-order valence-corrected chi connectivity index (χ2v) is 11.0. The van der Waals surface area contributed by atoms with Crippen molar-refractivity contribution < 1.29 is 19.8 Å². The zero-order valence-electron chi connectivity index (χ0n) is 23.5. The number of hydrogen-bond donors (Lipinski definition) is 3. The Labute approximate surface area is 228 Å². The minimum atomic E-state index is -1.39. The van der Waals surface area contributed by atoms with E-state index in [-0.39, 0.29) is 0 Å². The van der Waals surface area contributed by atoms with Crippen LogP contribution in [0.5, 0.6) is 0 Å². The van der Waals surface area contributed by atoms with E-state index < -0.39 is 40.5 Å². The molecule has 0 bridgehead atoms. The van der Waals surface area contributed by atoms with Crippen LogP contribution in [-0.2, 0) is 9.59 Å². The minimum Gasteiger partial charge on any atom is -0.387 e. The van der Waals surface area contributed by atoms with Gasteiger partial charge in [-0.1, -0.05) is 108 Å². The lowest BCUT2D eigenvalue weighted by Crippen LogP contribution is -2.61. The number of rotatable bonds is 12. The first-order chi connectivity index (χ1) is 18.1. The molecule has 3 rings (SSSR count). The Hall–Kier alpha value is -2.70. The molecule has 2 aromatic rings. The monoisotopic (exact) mass is 522 g/mol. The molecule has 0 spiro atoms. The Balaban J connectivity index is 2.43. The van der Waals surface area contributed by atoms with Crippen molar-refractivity contribution >= 4 is 11.8 Å². The summed E-state index contributed by atoms with van der Waals surface area (Å²) in [6.45, 7) is 7.65. The molecule has 4 N–H and O–H groups in total. The average Bonchev–Trinajstić information content (AvgIpc) is 2.97. The fourth-order valence-corrected chi connectivity index (χ4v) is 6.36. The fourth-order valence-electron chi connectivity index (χ4n) is 6.36. The molecule has 0 saturated heterocycles. The highest BCUT2D eigenvalue weighted by Gasteiger charge is 2.56. The molecule has 208 valence electrons. The van der Waals surface area contributed by atoms with Crippen LogP contribution in [0.1, 0.15) is 109 Å². The maximum absolute atomic E-state index is 15.1. The molecule has 2 aromatic carbocycles. The fraction of sp³-hybridized carbons (Fsp3) is 0.562. The highest BCUT2D eigenvalue weighted by atomic mass is 16.3. The summed E-state index contributed by atoms with van der Waals surface area (Å²) < 4.78 is 0. The Morgan fingerprint density at radius 1 is 0.763 bits per heavy atom. The number of nitrogens with two attached hydrogens (primary N) is 1. The molecule has 1 aliphatic rings. The van der Waals surface area contributed by atoms with Crippen molar-refractivity contribution in [2.75, 3.05) is 0 Å². The van der Waals surface area contributed by atoms with Crippen LogP contribution >= 0.6 is 0 Å². The van der Waals surface area contributed by atoms with E-state index in [1.807, 2.05) is 88.4 Å². The highest BCUT2D eigenvalue weighted by molar-refractivity contribution is 6.04. The Bertz CT molecular complexity index is 980. The third kappa shape index (κ3) is 5.52. The van der Waals surface area contributed by atoms with Gasteiger partial charge in [-0.3, -0.25) is 9.59 Å². The predicted molar refractivity (Wildman–Crippen MR) is 151 cm³/mol. The summed E-state index contributed by atoms with van der Waals surface area (Å²) in [5.74, 6) is -1.02. The first-order valence-electron chi connectivity index (χ1n) is 14.3. The van der Waals surface area contributed by atoms with Gasteiger partial charge in [0, 0.05) is 0 Å². The topological polar surface area (TPSA) is 104 Å². The van der Waals surface area contributed by atoms with Gasteiger partial charge in [-0.25, -0.2) is 0 Å². The Morgan fingerprint density at radius 2 is 1.13 bits per heavy atom. The van der Waals surface area contributed by atoms with Gasteiger partial charge in [-0.05, 0) is 49.7 Å². The molecule has 2 amide bonds. The van der Waals surface area contributed by atoms with Gasteiger partial charge < -0.3 is 20.8 Å². The normalized spacial score (nSPS) is 17.4. The third-order valence-corrected chi connectivity index (χ3v) is 9.08. The average molecular weight is 523 g/mol. The van der Waals surface area contributed by atoms with Crippen LogP contribution in [0, 0.1) is 5.41 Å². The van der Waals surface area contributed by atoms with Gasteiger partial charge >= 0.3 is 0 Å². The van der Waals surface area contributed by atoms with Crippen molar-refractivity contribution in [1.82, 2.24) is 4.90 Å². The van der Waals surface area contributed by atoms with E-state index in [1.54, 1.807) is 4.90 Å². The summed E-state index contributed by atoms with van der Waals surface area (Å²) in [5, 5.41) is 24.4. The van der Waals surface area contributed by atoms with Gasteiger partial charge in [-0.2, -0.15) is 0 Å². The third-order valence-electron chi connectivity index (χ3n) is 9.08. The summed E-state index contributed by atoms with van der Waals surface area (Å²) in [5.41, 5.74) is 3.58. The highest BCUT2D eigenvalue weighted by Crippen LogP contribution is 2.50. The molecular weight excluding hydrogens is 476 g/mol. The maximum atomic E-state index is 15.1. The largest absolute Gasteiger partial charge is 0.387 e. The van der Waals surface area contributed by atoms with Crippen molar-refractivity contribution in [2.45, 2.75) is 109 Å². The summed E-state index contributed by atoms with van der Waals surface area (Å²) in [6, 6.07) is 17.4. The lowest BCUT2D eigenvalue weighted by atomic mass is 9.69. The number of aliphatic hydroxyl groups is 2. The van der Waals surface area contributed by atoms with Crippen LogP contribution in [0.15, 0.2) is 60.7 Å². The van der Waals surface area contributed by atoms with Crippen LogP contribution < -0.4 is 5.73 Å². The Kier molecular flexibility index (Phi) is 9.77. The zero-order valence-corrected chi connectivity index (χ0v) is 23.5. The van der Waals surface area contributed by atoms with Crippen molar-refractivity contribution in [3.05, 3.63) is 71.8 Å². The first-order valence-corrected chi connectivity index (χ1v) is 14.3. The van der Waals surface area contributed by atoms with E-state index in [9.17, 15) is 15.0 Å². The van der Waals surface area contributed by atoms with Crippen LogP contribution in [0.2, 0.25) is 0 Å². The second kappa shape index (κ2) is 12.4. The molecule has 2 atom stereocenters. The van der Waals surface area contributed by atoms with Crippen LogP contribution in [0.25, 0.3) is 0 Å². The second-order valence-electron chi connectivity index (χ2n) is 11.0. The lowest BCUT2D eigenvalue weighted by Gasteiger charge is -2.53. The van der Waals surface area contributed by atoms with E-state index in [0.29, 0.717) is 38.5 Å². The SMILES string of the molecule is CCC(O)(CC)C(c1ccccc1)N(C(=O)C1(C(N)=O)CCCCC1)C(c1ccccc1)C(O)(CC)CC. The molecule has 2 unspecified atom stereocenters. The molecule has 0 aliphatic heterocycles. The van der Waals surface area contributed by atoms with E-state index in [2.05, 4.69) is 0 Å². The van der Waals surface area contributed by atoms with Gasteiger partial charge in [0.2, 0.25) is 11.8 Å². The lowest BCUT2D eigenvalue weighted by molar-refractivity contribution is -0.175. The summed E-state index contributed by atoms with van der Waals surface area (Å²) in [6.07, 6.45) is 4.67. The number of carbonyl (C=O) groups is 2. The zero-order chi connectivity index (χ0) is 28.0. The molecule has 6 nitrogen and oxygen atoms in total. The standard InChI is InChI=1S/C32H46N2O4/c1-5-31(37,6-2)26(24-18-12-9-13-19-24)34(29(36)30(28(33)35)22-16-11-17-23-30)27(32(38,7-3)8-4)25-20-14-10-15-21-25/h9-10,12-15,18-21,26-27,37-38H,5-8,11,16-17,22-23H2,1-4H3,(H2,33,35). The van der Waals surface area contributed by atoms with E-state index in [0.717, 1.165) is 30.4 Å². The van der Waals surface area contributed by atoms with E-state index in [4.69, 9.17) is 5.73 Å². The molecular formula is C32H46N2O4. The van der Waals surface area contributed by atoms with Crippen molar-refractivity contribution in [2.24, 2.45) is 11.1 Å². The molecule has 38 heavy (non-hydrogen) atoms. The number of amides is 2.